The van der Waals surface area contributed by atoms with E-state index in [0.717, 1.165) is 23.2 Å². The first-order valence-corrected chi connectivity index (χ1v) is 11.1. The molecule has 156 valence electrons. The first kappa shape index (κ1) is 21.5. The number of amides is 1. The van der Waals surface area contributed by atoms with Crippen LogP contribution in [0.25, 0.3) is 0 Å². The Balaban J connectivity index is 1.68. The minimum absolute atomic E-state index is 0.0259. The highest BCUT2D eigenvalue weighted by Crippen LogP contribution is 2.39. The molecule has 4 nitrogen and oxygen atoms in total. The van der Waals surface area contributed by atoms with E-state index < -0.39 is 17.3 Å². The molecule has 1 aromatic rings. The van der Waals surface area contributed by atoms with Gasteiger partial charge in [-0.05, 0) is 64.2 Å². The van der Waals surface area contributed by atoms with Crippen LogP contribution in [0.4, 0.5) is 14.5 Å². The number of rotatable bonds is 4. The smallest absolute Gasteiger partial charge is 0.248 e. The molecule has 1 amide bonds. The standard InChI is InChI=1S/C21H30F2N2O2S/c1-14(24-28(27)20(2,3)4)16-5-6-18-17(13-16)9-12-25(18)19(26)15-7-10-21(22,23)11-8-15/h5-6,13-15,24H,7-12H2,1-4H3/t14?,28-/m1/s1. The van der Waals surface area contributed by atoms with Crippen LogP contribution >= 0.6 is 0 Å². The predicted molar refractivity (Wildman–Crippen MR) is 109 cm³/mol. The van der Waals surface area contributed by atoms with E-state index in [9.17, 15) is 18.1 Å². The molecule has 2 atom stereocenters. The number of nitrogens with zero attached hydrogens (tertiary/aromatic N) is 1. The van der Waals surface area contributed by atoms with Gasteiger partial charge < -0.3 is 9.45 Å². The summed E-state index contributed by atoms with van der Waals surface area (Å²) in [6.45, 7) is 8.36. The fourth-order valence-electron chi connectivity index (χ4n) is 3.83. The highest BCUT2D eigenvalue weighted by molar-refractivity contribution is 7.90. The van der Waals surface area contributed by atoms with Crippen molar-refractivity contribution in [3.63, 3.8) is 0 Å². The van der Waals surface area contributed by atoms with Crippen LogP contribution in [0, 0.1) is 5.92 Å². The van der Waals surface area contributed by atoms with Gasteiger partial charge in [-0.3, -0.25) is 4.79 Å². The summed E-state index contributed by atoms with van der Waals surface area (Å²) in [5, 5.41) is 0. The molecular weight excluding hydrogens is 382 g/mol. The Morgan fingerprint density at radius 1 is 1.32 bits per heavy atom. The molecule has 1 aromatic carbocycles. The summed E-state index contributed by atoms with van der Waals surface area (Å²) < 4.78 is 41.9. The second-order valence-electron chi connectivity index (χ2n) is 8.98. The summed E-state index contributed by atoms with van der Waals surface area (Å²) in [6.07, 6.45) is 0.881. The Morgan fingerprint density at radius 3 is 2.57 bits per heavy atom. The first-order valence-electron chi connectivity index (χ1n) is 9.98. The molecule has 28 heavy (non-hydrogen) atoms. The second kappa shape index (κ2) is 7.92. The van der Waals surface area contributed by atoms with E-state index in [0.29, 0.717) is 6.54 Å². The van der Waals surface area contributed by atoms with Gasteiger partial charge >= 0.3 is 0 Å². The highest BCUT2D eigenvalue weighted by Gasteiger charge is 2.40. The van der Waals surface area contributed by atoms with Crippen molar-refractivity contribution in [3.05, 3.63) is 29.3 Å². The third-order valence-corrected chi connectivity index (χ3v) is 7.35. The summed E-state index contributed by atoms with van der Waals surface area (Å²) in [6, 6.07) is 5.88. The van der Waals surface area contributed by atoms with Gasteiger partial charge in [0.25, 0.3) is 0 Å². The van der Waals surface area contributed by atoms with Crippen molar-refractivity contribution in [2.45, 2.75) is 76.5 Å². The third-order valence-electron chi connectivity index (χ3n) is 5.67. The molecule has 1 aliphatic carbocycles. The van der Waals surface area contributed by atoms with Crippen molar-refractivity contribution >= 4 is 23.0 Å². The van der Waals surface area contributed by atoms with Crippen LogP contribution < -0.4 is 9.62 Å². The Labute approximate surface area is 169 Å². The van der Waals surface area contributed by atoms with Crippen LogP contribution in [-0.4, -0.2) is 27.7 Å². The second-order valence-corrected chi connectivity index (χ2v) is 11.0. The lowest BCUT2D eigenvalue weighted by atomic mass is 9.86. The lowest BCUT2D eigenvalue weighted by Crippen LogP contribution is -2.40. The van der Waals surface area contributed by atoms with Crippen molar-refractivity contribution < 1.29 is 18.1 Å². The number of anilines is 1. The number of hydrogen-bond acceptors (Lipinski definition) is 3. The number of carbonyl (C=O) groups excluding carboxylic acids is 1. The van der Waals surface area contributed by atoms with Crippen LogP contribution in [-0.2, 0) is 22.6 Å². The number of nitrogens with one attached hydrogen (secondary N) is 1. The SMILES string of the molecule is CC(N[S@+]([O-])C(C)(C)C)c1ccc2c(c1)CCN2C(=O)C1CCC(F)(F)CC1. The van der Waals surface area contributed by atoms with Gasteiger partial charge in [0.2, 0.25) is 11.8 Å². The number of halogens is 2. The molecule has 1 N–H and O–H groups in total. The minimum Gasteiger partial charge on any atom is -0.598 e. The molecule has 1 fully saturated rings. The molecule has 1 aliphatic heterocycles. The highest BCUT2D eigenvalue weighted by atomic mass is 32.2. The normalized spacial score (nSPS) is 22.0. The van der Waals surface area contributed by atoms with Gasteiger partial charge in [-0.15, -0.1) is 4.72 Å². The van der Waals surface area contributed by atoms with E-state index in [-0.39, 0.29) is 48.3 Å². The molecule has 7 heteroatoms. The van der Waals surface area contributed by atoms with Crippen molar-refractivity contribution in [1.82, 2.24) is 4.72 Å². The zero-order chi connectivity index (χ0) is 20.7. The summed E-state index contributed by atoms with van der Waals surface area (Å²) >= 11 is -1.17. The lowest BCUT2D eigenvalue weighted by Gasteiger charge is -2.30. The van der Waals surface area contributed by atoms with Gasteiger partial charge in [-0.25, -0.2) is 8.78 Å². The maximum absolute atomic E-state index is 13.4. The molecule has 1 unspecified atom stereocenters. The molecular formula is C21H30F2N2O2S. The molecule has 2 aliphatic rings. The molecule has 1 heterocycles. The summed E-state index contributed by atoms with van der Waals surface area (Å²) in [4.78, 5) is 14.6. The van der Waals surface area contributed by atoms with Gasteiger partial charge in [0.05, 0.1) is 6.04 Å². The maximum Gasteiger partial charge on any atom is 0.248 e. The zero-order valence-electron chi connectivity index (χ0n) is 17.1. The topological polar surface area (TPSA) is 55.4 Å². The van der Waals surface area contributed by atoms with E-state index in [2.05, 4.69) is 10.8 Å². The molecule has 0 aromatic heterocycles. The van der Waals surface area contributed by atoms with Crippen molar-refractivity contribution in [1.29, 1.82) is 0 Å². The number of hydrogen-bond donors (Lipinski definition) is 1. The Bertz CT molecular complexity index is 726. The van der Waals surface area contributed by atoms with Crippen molar-refractivity contribution in [3.8, 4) is 0 Å². The lowest BCUT2D eigenvalue weighted by molar-refractivity contribution is -0.126. The van der Waals surface area contributed by atoms with Crippen molar-refractivity contribution in [2.24, 2.45) is 5.92 Å². The van der Waals surface area contributed by atoms with Crippen LogP contribution in [0.3, 0.4) is 0 Å². The third kappa shape index (κ3) is 4.69. The summed E-state index contributed by atoms with van der Waals surface area (Å²) in [7, 11) is 0. The molecule has 1 saturated carbocycles. The average molecular weight is 413 g/mol. The zero-order valence-corrected chi connectivity index (χ0v) is 17.9. The van der Waals surface area contributed by atoms with E-state index in [1.165, 1.54) is 0 Å². The van der Waals surface area contributed by atoms with Crippen LogP contribution in [0.2, 0.25) is 0 Å². The van der Waals surface area contributed by atoms with Gasteiger partial charge in [0, 0.05) is 42.4 Å². The molecule has 0 bridgehead atoms. The van der Waals surface area contributed by atoms with Gasteiger partial charge in [0.1, 0.15) is 4.75 Å². The van der Waals surface area contributed by atoms with E-state index >= 15 is 0 Å². The Kier molecular flexibility index (Phi) is 6.09. The van der Waals surface area contributed by atoms with Crippen LogP contribution in [0.1, 0.15) is 70.5 Å². The summed E-state index contributed by atoms with van der Waals surface area (Å²) in [5.41, 5.74) is 3.00. The maximum atomic E-state index is 13.4. The van der Waals surface area contributed by atoms with E-state index in [4.69, 9.17) is 0 Å². The largest absolute Gasteiger partial charge is 0.598 e. The number of benzene rings is 1. The monoisotopic (exact) mass is 412 g/mol. The van der Waals surface area contributed by atoms with Crippen LogP contribution in [0.5, 0.6) is 0 Å². The fourth-order valence-corrected chi connectivity index (χ4v) is 4.64. The van der Waals surface area contributed by atoms with E-state index in [1.807, 2.05) is 39.8 Å². The Hall–Kier alpha value is -1.18. The predicted octanol–water partition coefficient (Wildman–Crippen LogP) is 4.51. The number of carbonyl (C=O) groups is 1. The van der Waals surface area contributed by atoms with Gasteiger partial charge in [0.15, 0.2) is 0 Å². The molecule has 3 rings (SSSR count). The minimum atomic E-state index is -2.62. The van der Waals surface area contributed by atoms with Gasteiger partial charge in [-0.1, -0.05) is 12.1 Å². The first-order chi connectivity index (χ1) is 13.0. The van der Waals surface area contributed by atoms with E-state index in [1.54, 1.807) is 4.90 Å². The number of alkyl halides is 2. The Morgan fingerprint density at radius 2 is 1.96 bits per heavy atom. The average Bonchev–Trinajstić information content (AvgIpc) is 3.03. The van der Waals surface area contributed by atoms with Crippen molar-refractivity contribution in [2.75, 3.05) is 11.4 Å². The van der Waals surface area contributed by atoms with Crippen LogP contribution in [0.15, 0.2) is 18.2 Å². The number of fused-ring (bicyclic) bond motifs is 1. The summed E-state index contributed by atoms with van der Waals surface area (Å²) in [5.74, 6) is -2.95. The van der Waals surface area contributed by atoms with Gasteiger partial charge in [-0.2, -0.15) is 0 Å². The fraction of sp³-hybridized carbons (Fsp3) is 0.667. The molecule has 0 spiro atoms. The molecule has 0 radical (unpaired) electrons. The quantitative estimate of drug-likeness (QED) is 0.740. The molecule has 0 saturated heterocycles.